The molecule has 0 aromatic rings. The number of aliphatic hydroxyl groups is 1. The standard InChI is InChI=1S/C24H41N3O4S/c1-8-11-25-19(29)16-15-9-10-24(32-15)17(16)21(31)27(14(2)12-28)18(24)20(30)26-23(6,7)13-22(3,4)5/h14-18,28H,8-13H2,1-7H3,(H,25,29)(H,26,30)/t14-,15-,16+,17+,18?,24?/m1/s1. The molecule has 7 nitrogen and oxygen atoms in total. The molecule has 0 aromatic heterocycles. The second-order valence-corrected chi connectivity index (χ2v) is 13.3. The molecule has 6 atom stereocenters. The van der Waals surface area contributed by atoms with E-state index in [2.05, 4.69) is 31.4 Å². The maximum atomic E-state index is 13.8. The molecule has 3 heterocycles. The van der Waals surface area contributed by atoms with Crippen LogP contribution >= 0.6 is 11.8 Å². The second kappa shape index (κ2) is 8.82. The molecule has 0 radical (unpaired) electrons. The number of likely N-dealkylation sites (tertiary alicyclic amines) is 1. The molecule has 1 spiro atoms. The molecule has 0 aliphatic carbocycles. The zero-order valence-corrected chi connectivity index (χ0v) is 21.5. The number of thioether (sulfide) groups is 1. The fourth-order valence-electron chi connectivity index (χ4n) is 6.39. The van der Waals surface area contributed by atoms with Crippen molar-refractivity contribution in [1.29, 1.82) is 0 Å². The molecule has 3 amide bonds. The second-order valence-electron chi connectivity index (χ2n) is 11.7. The van der Waals surface area contributed by atoms with E-state index in [1.54, 1.807) is 23.6 Å². The zero-order valence-electron chi connectivity index (χ0n) is 20.7. The Morgan fingerprint density at radius 3 is 2.47 bits per heavy atom. The maximum absolute atomic E-state index is 13.8. The molecule has 3 N–H and O–H groups in total. The molecule has 32 heavy (non-hydrogen) atoms. The number of nitrogens with zero attached hydrogens (tertiary/aromatic N) is 1. The molecular formula is C24H41N3O4S. The number of hydrogen-bond donors (Lipinski definition) is 3. The van der Waals surface area contributed by atoms with E-state index in [-0.39, 0.29) is 35.0 Å². The molecule has 0 saturated carbocycles. The van der Waals surface area contributed by atoms with Crippen LogP contribution in [0.15, 0.2) is 0 Å². The van der Waals surface area contributed by atoms with Gasteiger partial charge in [-0.3, -0.25) is 14.4 Å². The zero-order chi connectivity index (χ0) is 24.1. The summed E-state index contributed by atoms with van der Waals surface area (Å²) in [6.45, 7) is 14.6. The topological polar surface area (TPSA) is 98.7 Å². The Morgan fingerprint density at radius 2 is 1.91 bits per heavy atom. The Balaban J connectivity index is 1.95. The van der Waals surface area contributed by atoms with E-state index in [0.29, 0.717) is 6.54 Å². The van der Waals surface area contributed by atoms with Crippen LogP contribution in [0, 0.1) is 17.3 Å². The third-order valence-electron chi connectivity index (χ3n) is 7.01. The van der Waals surface area contributed by atoms with Gasteiger partial charge in [-0.2, -0.15) is 0 Å². The van der Waals surface area contributed by atoms with Crippen molar-refractivity contribution < 1.29 is 19.5 Å². The highest BCUT2D eigenvalue weighted by Gasteiger charge is 2.74. The van der Waals surface area contributed by atoms with Gasteiger partial charge in [0.25, 0.3) is 0 Å². The van der Waals surface area contributed by atoms with Crippen LogP contribution in [0.2, 0.25) is 0 Å². The van der Waals surface area contributed by atoms with Crippen LogP contribution in [-0.4, -0.2) is 68.5 Å². The van der Waals surface area contributed by atoms with Gasteiger partial charge in [-0.15, -0.1) is 11.8 Å². The van der Waals surface area contributed by atoms with Crippen LogP contribution in [0.25, 0.3) is 0 Å². The van der Waals surface area contributed by atoms with E-state index < -0.39 is 34.2 Å². The van der Waals surface area contributed by atoms with Crippen LogP contribution in [0.5, 0.6) is 0 Å². The summed E-state index contributed by atoms with van der Waals surface area (Å²) in [5, 5.41) is 16.2. The molecule has 3 saturated heterocycles. The summed E-state index contributed by atoms with van der Waals surface area (Å²) in [5.74, 6) is -1.33. The minimum Gasteiger partial charge on any atom is -0.394 e. The third-order valence-corrected chi connectivity index (χ3v) is 8.96. The van der Waals surface area contributed by atoms with Crippen LogP contribution < -0.4 is 10.6 Å². The molecule has 3 fully saturated rings. The number of aliphatic hydroxyl groups excluding tert-OH is 1. The summed E-state index contributed by atoms with van der Waals surface area (Å²) >= 11 is 1.66. The van der Waals surface area contributed by atoms with Gasteiger partial charge in [0.2, 0.25) is 17.7 Å². The van der Waals surface area contributed by atoms with Gasteiger partial charge in [0, 0.05) is 17.3 Å². The lowest BCUT2D eigenvalue weighted by molar-refractivity contribution is -0.142. The van der Waals surface area contributed by atoms with Gasteiger partial charge in [0.15, 0.2) is 0 Å². The SMILES string of the molecule is CCCNC(=O)[C@@H]1[C@H]2C(=O)N([C@H](C)CO)C(C(=O)NC(C)(C)CC(C)(C)C)C23CC[C@H]1S3. The van der Waals surface area contributed by atoms with Gasteiger partial charge in [-0.1, -0.05) is 27.7 Å². The van der Waals surface area contributed by atoms with Gasteiger partial charge in [-0.25, -0.2) is 0 Å². The minimum absolute atomic E-state index is 0.0319. The number of rotatable bonds is 8. The highest BCUT2D eigenvalue weighted by molar-refractivity contribution is 8.02. The predicted octanol–water partition coefficient (Wildman–Crippen LogP) is 2.32. The highest BCUT2D eigenvalue weighted by atomic mass is 32.2. The van der Waals surface area contributed by atoms with Crippen molar-refractivity contribution in [2.24, 2.45) is 17.3 Å². The Bertz CT molecular complexity index is 765. The number of amides is 3. The van der Waals surface area contributed by atoms with Crippen molar-refractivity contribution in [2.45, 2.75) is 102 Å². The van der Waals surface area contributed by atoms with Crippen LogP contribution in [-0.2, 0) is 14.4 Å². The fraction of sp³-hybridized carbons (Fsp3) is 0.875. The number of fused-ring (bicyclic) bond motifs is 1. The number of carbonyl (C=O) groups excluding carboxylic acids is 3. The number of hydrogen-bond acceptors (Lipinski definition) is 5. The van der Waals surface area contributed by atoms with E-state index in [4.69, 9.17) is 0 Å². The van der Waals surface area contributed by atoms with Crippen molar-refractivity contribution in [3.05, 3.63) is 0 Å². The average Bonchev–Trinajstić information content (AvgIpc) is 3.30. The monoisotopic (exact) mass is 467 g/mol. The lowest BCUT2D eigenvalue weighted by Crippen LogP contribution is -2.59. The van der Waals surface area contributed by atoms with Crippen molar-refractivity contribution in [2.75, 3.05) is 13.2 Å². The molecular weight excluding hydrogens is 426 g/mol. The average molecular weight is 468 g/mol. The highest BCUT2D eigenvalue weighted by Crippen LogP contribution is 2.66. The molecule has 2 bridgehead atoms. The maximum Gasteiger partial charge on any atom is 0.244 e. The quantitative estimate of drug-likeness (QED) is 0.509. The van der Waals surface area contributed by atoms with E-state index in [0.717, 1.165) is 25.7 Å². The molecule has 3 rings (SSSR count). The van der Waals surface area contributed by atoms with Crippen molar-refractivity contribution in [3.8, 4) is 0 Å². The first kappa shape index (κ1) is 25.3. The Morgan fingerprint density at radius 1 is 1.25 bits per heavy atom. The molecule has 0 aromatic carbocycles. The van der Waals surface area contributed by atoms with Crippen LogP contribution in [0.4, 0.5) is 0 Å². The molecule has 3 aliphatic heterocycles. The van der Waals surface area contributed by atoms with Crippen molar-refractivity contribution in [1.82, 2.24) is 15.5 Å². The first-order valence-corrected chi connectivity index (χ1v) is 12.9. The summed E-state index contributed by atoms with van der Waals surface area (Å²) in [6.07, 6.45) is 3.19. The third kappa shape index (κ3) is 4.41. The summed E-state index contributed by atoms with van der Waals surface area (Å²) in [4.78, 5) is 42.1. The van der Waals surface area contributed by atoms with Crippen molar-refractivity contribution in [3.63, 3.8) is 0 Å². The van der Waals surface area contributed by atoms with Crippen LogP contribution in [0.1, 0.15) is 74.1 Å². The van der Waals surface area contributed by atoms with E-state index in [1.165, 1.54) is 0 Å². The lowest BCUT2D eigenvalue weighted by Gasteiger charge is -2.40. The Hall–Kier alpha value is -1.28. The van der Waals surface area contributed by atoms with Gasteiger partial charge in [0.05, 0.1) is 29.2 Å². The molecule has 182 valence electrons. The minimum atomic E-state index is -0.680. The van der Waals surface area contributed by atoms with Gasteiger partial charge < -0.3 is 20.6 Å². The normalized spacial score (nSPS) is 32.8. The lowest BCUT2D eigenvalue weighted by atomic mass is 9.70. The summed E-state index contributed by atoms with van der Waals surface area (Å²) in [7, 11) is 0. The first-order chi connectivity index (χ1) is 14.8. The van der Waals surface area contributed by atoms with Gasteiger partial charge >= 0.3 is 0 Å². The number of nitrogens with one attached hydrogen (secondary N) is 2. The Kier molecular flexibility index (Phi) is 6.99. The summed E-state index contributed by atoms with van der Waals surface area (Å²) in [5.41, 5.74) is -0.412. The Labute approximate surface area is 196 Å². The molecule has 2 unspecified atom stereocenters. The molecule has 3 aliphatic rings. The van der Waals surface area contributed by atoms with E-state index in [1.807, 2.05) is 20.8 Å². The van der Waals surface area contributed by atoms with E-state index >= 15 is 0 Å². The number of carbonyl (C=O) groups is 3. The fourth-order valence-corrected chi connectivity index (χ4v) is 8.60. The van der Waals surface area contributed by atoms with Gasteiger partial charge in [0.1, 0.15) is 6.04 Å². The van der Waals surface area contributed by atoms with Crippen LogP contribution in [0.3, 0.4) is 0 Å². The first-order valence-electron chi connectivity index (χ1n) is 12.0. The van der Waals surface area contributed by atoms with Gasteiger partial charge in [-0.05, 0) is 51.9 Å². The van der Waals surface area contributed by atoms with Crippen molar-refractivity contribution >= 4 is 29.5 Å². The smallest absolute Gasteiger partial charge is 0.244 e. The predicted molar refractivity (Wildman–Crippen MR) is 127 cm³/mol. The summed E-state index contributed by atoms with van der Waals surface area (Å²) in [6, 6.07) is -1.16. The summed E-state index contributed by atoms with van der Waals surface area (Å²) < 4.78 is -0.610. The van der Waals surface area contributed by atoms with E-state index in [9.17, 15) is 19.5 Å². The largest absolute Gasteiger partial charge is 0.394 e. The molecule has 8 heteroatoms.